The zero-order chi connectivity index (χ0) is 20.4. The second-order valence-electron chi connectivity index (χ2n) is 7.95. The van der Waals surface area contributed by atoms with Gasteiger partial charge in [0.1, 0.15) is 0 Å². The van der Waals surface area contributed by atoms with Crippen molar-refractivity contribution >= 4 is 22.4 Å². The number of nitrogens with zero attached hydrogens (tertiary/aromatic N) is 3. The van der Waals surface area contributed by atoms with Crippen LogP contribution in [0.3, 0.4) is 0 Å². The monoisotopic (exact) mass is 402 g/mol. The molecule has 152 valence electrons. The number of ether oxygens (including phenoxy) is 1. The van der Waals surface area contributed by atoms with Crippen molar-refractivity contribution in [3.05, 3.63) is 29.2 Å². The van der Waals surface area contributed by atoms with Crippen LogP contribution in [0.1, 0.15) is 44.8 Å². The number of hydrogen-bond donors (Lipinski definition) is 1. The predicted molar refractivity (Wildman–Crippen MR) is 114 cm³/mol. The molecule has 1 N–H and O–H groups in total. The molecule has 7 heteroatoms. The number of amides is 1. The van der Waals surface area contributed by atoms with E-state index < -0.39 is 0 Å². The van der Waals surface area contributed by atoms with Crippen molar-refractivity contribution < 1.29 is 9.53 Å². The molecule has 2 atom stereocenters. The van der Waals surface area contributed by atoms with E-state index in [1.807, 2.05) is 27.7 Å². The van der Waals surface area contributed by atoms with E-state index in [1.54, 1.807) is 11.3 Å². The lowest BCUT2D eigenvalue weighted by atomic mass is 10.1. The van der Waals surface area contributed by atoms with Crippen LogP contribution in [-0.4, -0.2) is 41.2 Å². The van der Waals surface area contributed by atoms with E-state index >= 15 is 0 Å². The molecule has 0 bridgehead atoms. The van der Waals surface area contributed by atoms with Gasteiger partial charge in [-0.05, 0) is 45.4 Å². The first-order valence-electron chi connectivity index (χ1n) is 9.86. The van der Waals surface area contributed by atoms with Crippen molar-refractivity contribution in [3.8, 4) is 10.4 Å². The average molecular weight is 403 g/mol. The van der Waals surface area contributed by atoms with Gasteiger partial charge in [0.2, 0.25) is 5.91 Å². The fourth-order valence-electron chi connectivity index (χ4n) is 3.49. The molecule has 3 heterocycles. The zero-order valence-corrected chi connectivity index (χ0v) is 18.4. The molecule has 0 spiro atoms. The van der Waals surface area contributed by atoms with Gasteiger partial charge in [0.25, 0.3) is 0 Å². The molecule has 1 saturated heterocycles. The summed E-state index contributed by atoms with van der Waals surface area (Å²) in [5.41, 5.74) is 3.98. The van der Waals surface area contributed by atoms with Crippen molar-refractivity contribution in [1.29, 1.82) is 0 Å². The highest BCUT2D eigenvalue weighted by atomic mass is 32.1. The second kappa shape index (κ2) is 8.57. The number of morpholine rings is 1. The van der Waals surface area contributed by atoms with E-state index in [9.17, 15) is 4.79 Å². The fraction of sp³-hybridized carbons (Fsp3) is 0.571. The Hall–Kier alpha value is -1.99. The minimum Gasteiger partial charge on any atom is -0.372 e. The molecular weight excluding hydrogens is 372 g/mol. The molecule has 0 aliphatic carbocycles. The Labute approximate surface area is 171 Å². The van der Waals surface area contributed by atoms with Crippen molar-refractivity contribution in [3.63, 3.8) is 0 Å². The highest BCUT2D eigenvalue weighted by Gasteiger charge is 2.26. The van der Waals surface area contributed by atoms with Crippen molar-refractivity contribution in [2.45, 2.75) is 60.3 Å². The van der Waals surface area contributed by atoms with Gasteiger partial charge in [-0.3, -0.25) is 9.78 Å². The van der Waals surface area contributed by atoms with Crippen LogP contribution in [0.5, 0.6) is 0 Å². The summed E-state index contributed by atoms with van der Waals surface area (Å²) in [4.78, 5) is 24.9. The maximum atomic E-state index is 12.1. The minimum absolute atomic E-state index is 0.0382. The number of nitrogens with one attached hydrogen (secondary N) is 1. The first-order chi connectivity index (χ1) is 13.2. The quantitative estimate of drug-likeness (QED) is 0.826. The van der Waals surface area contributed by atoms with Crippen molar-refractivity contribution in [1.82, 2.24) is 15.3 Å². The van der Waals surface area contributed by atoms with Crippen LogP contribution in [0.2, 0.25) is 0 Å². The fourth-order valence-corrected chi connectivity index (χ4v) is 4.58. The van der Waals surface area contributed by atoms with Gasteiger partial charge in [0.05, 0.1) is 29.3 Å². The molecule has 3 rings (SSSR count). The molecular formula is C21H30N4O2S. The number of thiazole rings is 1. The molecule has 2 aromatic rings. The molecule has 0 radical (unpaired) electrons. The van der Waals surface area contributed by atoms with E-state index in [2.05, 4.69) is 41.2 Å². The minimum atomic E-state index is -0.0482. The number of anilines is 1. The molecule has 0 unspecified atom stereocenters. The van der Waals surface area contributed by atoms with Gasteiger partial charge < -0.3 is 15.0 Å². The SMILES string of the molecule is Cc1cc(-c2sc(N3C[C@@H](C)O[C@@H](C)C3)nc2CNC(=O)C(C)C)cc(C)n1. The zero-order valence-electron chi connectivity index (χ0n) is 17.6. The summed E-state index contributed by atoms with van der Waals surface area (Å²) in [7, 11) is 0. The maximum absolute atomic E-state index is 12.1. The van der Waals surface area contributed by atoms with Crippen LogP contribution in [0.4, 0.5) is 5.13 Å². The molecule has 1 amide bonds. The normalized spacial score (nSPS) is 19.9. The van der Waals surface area contributed by atoms with Gasteiger partial charge >= 0.3 is 0 Å². The Bertz CT molecular complexity index is 819. The van der Waals surface area contributed by atoms with Gasteiger partial charge in [-0.25, -0.2) is 4.98 Å². The van der Waals surface area contributed by atoms with Gasteiger partial charge in [0.15, 0.2) is 5.13 Å². The standard InChI is InChI=1S/C21H30N4O2S/c1-12(2)20(26)22-9-18-19(17-7-13(3)23-14(4)8-17)28-21(24-18)25-10-15(5)27-16(6)11-25/h7-8,12,15-16H,9-11H2,1-6H3,(H,22,26)/t15-,16+. The molecule has 6 nitrogen and oxygen atoms in total. The van der Waals surface area contributed by atoms with Crippen molar-refractivity contribution in [2.24, 2.45) is 5.92 Å². The lowest BCUT2D eigenvalue weighted by Crippen LogP contribution is -2.45. The number of aryl methyl sites for hydroxylation is 2. The van der Waals surface area contributed by atoms with Gasteiger partial charge in [0, 0.05) is 30.4 Å². The topological polar surface area (TPSA) is 67.3 Å². The van der Waals surface area contributed by atoms with Crippen molar-refractivity contribution in [2.75, 3.05) is 18.0 Å². The summed E-state index contributed by atoms with van der Waals surface area (Å²) in [6.45, 7) is 14.1. The van der Waals surface area contributed by atoms with Gasteiger partial charge in [-0.15, -0.1) is 0 Å². The number of carbonyl (C=O) groups is 1. The first-order valence-corrected chi connectivity index (χ1v) is 10.7. The Balaban J connectivity index is 1.95. The van der Waals surface area contributed by atoms with Gasteiger partial charge in [-0.2, -0.15) is 0 Å². The third-order valence-corrected chi connectivity index (χ3v) is 5.88. The lowest BCUT2D eigenvalue weighted by Gasteiger charge is -2.35. The molecule has 1 aliphatic heterocycles. The van der Waals surface area contributed by atoms with Crippen LogP contribution in [-0.2, 0) is 16.1 Å². The summed E-state index contributed by atoms with van der Waals surface area (Å²) in [5.74, 6) is -0.0101. The number of hydrogen-bond acceptors (Lipinski definition) is 6. The van der Waals surface area contributed by atoms with E-state index in [4.69, 9.17) is 9.72 Å². The highest BCUT2D eigenvalue weighted by molar-refractivity contribution is 7.19. The third-order valence-electron chi connectivity index (χ3n) is 4.67. The third kappa shape index (κ3) is 4.89. The summed E-state index contributed by atoms with van der Waals surface area (Å²) in [6, 6.07) is 4.17. The number of pyridine rings is 1. The molecule has 0 saturated carbocycles. The largest absolute Gasteiger partial charge is 0.372 e. The Morgan fingerprint density at radius 2 is 1.82 bits per heavy atom. The summed E-state index contributed by atoms with van der Waals surface area (Å²) >= 11 is 1.68. The van der Waals surface area contributed by atoms with E-state index in [0.29, 0.717) is 6.54 Å². The average Bonchev–Trinajstić information content (AvgIpc) is 3.02. The van der Waals surface area contributed by atoms with Gasteiger partial charge in [-0.1, -0.05) is 25.2 Å². The molecule has 28 heavy (non-hydrogen) atoms. The molecule has 1 fully saturated rings. The first kappa shape index (κ1) is 20.7. The van der Waals surface area contributed by atoms with E-state index in [0.717, 1.165) is 45.7 Å². The van der Waals surface area contributed by atoms with E-state index in [1.165, 1.54) is 0 Å². The molecule has 1 aliphatic rings. The summed E-state index contributed by atoms with van der Waals surface area (Å²) in [5, 5.41) is 4.00. The van der Waals surface area contributed by atoms with Crippen LogP contribution in [0.25, 0.3) is 10.4 Å². The summed E-state index contributed by atoms with van der Waals surface area (Å²) < 4.78 is 5.87. The number of rotatable bonds is 5. The van der Waals surface area contributed by atoms with Crippen LogP contribution >= 0.6 is 11.3 Å². The van der Waals surface area contributed by atoms with Crippen LogP contribution in [0, 0.1) is 19.8 Å². The molecule has 0 aromatic carbocycles. The smallest absolute Gasteiger partial charge is 0.222 e. The van der Waals surface area contributed by atoms with Crippen LogP contribution in [0.15, 0.2) is 12.1 Å². The maximum Gasteiger partial charge on any atom is 0.222 e. The predicted octanol–water partition coefficient (Wildman–Crippen LogP) is 3.71. The second-order valence-corrected chi connectivity index (χ2v) is 8.92. The lowest BCUT2D eigenvalue weighted by molar-refractivity contribution is -0.124. The Morgan fingerprint density at radius 3 is 2.39 bits per heavy atom. The van der Waals surface area contributed by atoms with Crippen LogP contribution < -0.4 is 10.2 Å². The Morgan fingerprint density at radius 1 is 1.21 bits per heavy atom. The summed E-state index contributed by atoms with van der Waals surface area (Å²) in [6.07, 6.45) is 0.344. The molecule has 2 aromatic heterocycles. The Kier molecular flexibility index (Phi) is 6.35. The van der Waals surface area contributed by atoms with E-state index in [-0.39, 0.29) is 24.0 Å². The highest BCUT2D eigenvalue weighted by Crippen LogP contribution is 2.36. The number of aromatic nitrogens is 2. The number of carbonyl (C=O) groups excluding carboxylic acids is 1.